The number of aliphatic hydroxyl groups excluding tert-OH is 1. The molecule has 1 aromatic heterocycles. The predicted octanol–water partition coefficient (Wildman–Crippen LogP) is 1.88. The van der Waals surface area contributed by atoms with Crippen LogP contribution in [0.1, 0.15) is 29.5 Å². The van der Waals surface area contributed by atoms with E-state index >= 15 is 0 Å². The molecule has 1 rings (SSSR count). The normalized spacial score (nSPS) is 12.4. The lowest BCUT2D eigenvalue weighted by Gasteiger charge is -2.10. The lowest BCUT2D eigenvalue weighted by Crippen LogP contribution is -2.34. The van der Waals surface area contributed by atoms with Crippen molar-refractivity contribution in [1.29, 1.82) is 0 Å². The SMILES string of the molecule is Cc1ccc(CCCC(=O)NC(C)CO)s1. The lowest BCUT2D eigenvalue weighted by molar-refractivity contribution is -0.122. The zero-order valence-corrected chi connectivity index (χ0v) is 10.6. The maximum atomic E-state index is 11.4. The van der Waals surface area contributed by atoms with Gasteiger partial charge in [0, 0.05) is 22.2 Å². The fraction of sp³-hybridized carbons (Fsp3) is 0.583. The summed E-state index contributed by atoms with van der Waals surface area (Å²) in [7, 11) is 0. The summed E-state index contributed by atoms with van der Waals surface area (Å²) >= 11 is 1.79. The molecule has 4 heteroatoms. The van der Waals surface area contributed by atoms with Gasteiger partial charge in [-0.25, -0.2) is 0 Å². The summed E-state index contributed by atoms with van der Waals surface area (Å²) in [4.78, 5) is 14.0. The van der Waals surface area contributed by atoms with Crippen molar-refractivity contribution in [2.45, 2.75) is 39.2 Å². The van der Waals surface area contributed by atoms with Gasteiger partial charge in [-0.1, -0.05) is 0 Å². The number of carbonyl (C=O) groups is 1. The number of amides is 1. The van der Waals surface area contributed by atoms with Crippen molar-refractivity contribution in [1.82, 2.24) is 5.32 Å². The first-order valence-corrected chi connectivity index (χ1v) is 6.39. The zero-order chi connectivity index (χ0) is 12.0. The zero-order valence-electron chi connectivity index (χ0n) is 9.82. The monoisotopic (exact) mass is 241 g/mol. The highest BCUT2D eigenvalue weighted by atomic mass is 32.1. The van der Waals surface area contributed by atoms with Crippen molar-refractivity contribution in [3.05, 3.63) is 21.9 Å². The maximum Gasteiger partial charge on any atom is 0.220 e. The molecular weight excluding hydrogens is 222 g/mol. The highest BCUT2D eigenvalue weighted by Gasteiger charge is 2.06. The van der Waals surface area contributed by atoms with Crippen LogP contribution in [-0.4, -0.2) is 23.7 Å². The Morgan fingerprint density at radius 2 is 2.31 bits per heavy atom. The minimum atomic E-state index is -0.142. The number of thiophene rings is 1. The second kappa shape index (κ2) is 6.66. The van der Waals surface area contributed by atoms with E-state index in [1.165, 1.54) is 9.75 Å². The van der Waals surface area contributed by atoms with Crippen molar-refractivity contribution in [2.75, 3.05) is 6.61 Å². The summed E-state index contributed by atoms with van der Waals surface area (Å²) in [6.07, 6.45) is 2.35. The molecule has 16 heavy (non-hydrogen) atoms. The minimum Gasteiger partial charge on any atom is -0.394 e. The number of aliphatic hydroxyl groups is 1. The minimum absolute atomic E-state index is 0.00411. The molecule has 0 saturated carbocycles. The number of hydrogen-bond donors (Lipinski definition) is 2. The van der Waals surface area contributed by atoms with Crippen LogP contribution in [0.4, 0.5) is 0 Å². The second-order valence-corrected chi connectivity index (χ2v) is 5.39. The van der Waals surface area contributed by atoms with Gasteiger partial charge in [-0.15, -0.1) is 11.3 Å². The smallest absolute Gasteiger partial charge is 0.220 e. The van der Waals surface area contributed by atoms with Crippen molar-refractivity contribution < 1.29 is 9.90 Å². The molecule has 0 aliphatic heterocycles. The topological polar surface area (TPSA) is 49.3 Å². The molecule has 0 fully saturated rings. The molecule has 2 N–H and O–H groups in total. The standard InChI is InChI=1S/C12H19NO2S/c1-9(8-14)13-12(15)5-3-4-11-7-6-10(2)16-11/h6-7,9,14H,3-5,8H2,1-2H3,(H,13,15). The Kier molecular flexibility index (Phi) is 5.49. The molecule has 0 aliphatic rings. The van der Waals surface area contributed by atoms with Gasteiger partial charge < -0.3 is 10.4 Å². The fourth-order valence-electron chi connectivity index (χ4n) is 1.44. The molecule has 0 aromatic carbocycles. The summed E-state index contributed by atoms with van der Waals surface area (Å²) in [5, 5.41) is 11.5. The van der Waals surface area contributed by atoms with Gasteiger partial charge in [-0.3, -0.25) is 4.79 Å². The van der Waals surface area contributed by atoms with Crippen molar-refractivity contribution in [2.24, 2.45) is 0 Å². The Bertz CT molecular complexity index is 336. The van der Waals surface area contributed by atoms with Crippen LogP contribution in [-0.2, 0) is 11.2 Å². The largest absolute Gasteiger partial charge is 0.394 e. The van der Waals surface area contributed by atoms with E-state index in [-0.39, 0.29) is 18.6 Å². The third-order valence-electron chi connectivity index (χ3n) is 2.30. The molecule has 1 atom stereocenters. The van der Waals surface area contributed by atoms with E-state index in [1.54, 1.807) is 18.3 Å². The summed E-state index contributed by atoms with van der Waals surface area (Å²) in [6.45, 7) is 3.88. The van der Waals surface area contributed by atoms with E-state index in [0.717, 1.165) is 12.8 Å². The van der Waals surface area contributed by atoms with E-state index in [1.807, 2.05) is 0 Å². The molecule has 90 valence electrons. The van der Waals surface area contributed by atoms with Gasteiger partial charge in [0.15, 0.2) is 0 Å². The van der Waals surface area contributed by atoms with Gasteiger partial charge in [-0.2, -0.15) is 0 Å². The highest BCUT2D eigenvalue weighted by Crippen LogP contribution is 2.17. The van der Waals surface area contributed by atoms with E-state index < -0.39 is 0 Å². The number of aryl methyl sites for hydroxylation is 2. The molecule has 0 bridgehead atoms. The Morgan fingerprint density at radius 1 is 1.56 bits per heavy atom. The van der Waals surface area contributed by atoms with Gasteiger partial charge in [0.1, 0.15) is 0 Å². The molecule has 3 nitrogen and oxygen atoms in total. The predicted molar refractivity (Wildman–Crippen MR) is 66.7 cm³/mol. The molecule has 1 unspecified atom stereocenters. The van der Waals surface area contributed by atoms with Gasteiger partial charge in [0.05, 0.1) is 6.61 Å². The molecule has 0 saturated heterocycles. The molecule has 0 aliphatic carbocycles. The molecule has 0 spiro atoms. The Labute approximate surface area is 100 Å². The van der Waals surface area contributed by atoms with Gasteiger partial charge in [0.25, 0.3) is 0 Å². The van der Waals surface area contributed by atoms with Crippen LogP contribution in [0.2, 0.25) is 0 Å². The third kappa shape index (κ3) is 4.77. The van der Waals surface area contributed by atoms with Crippen molar-refractivity contribution in [3.63, 3.8) is 0 Å². The van der Waals surface area contributed by atoms with Gasteiger partial charge in [0.2, 0.25) is 5.91 Å². The lowest BCUT2D eigenvalue weighted by atomic mass is 10.2. The van der Waals surface area contributed by atoms with E-state index in [9.17, 15) is 4.79 Å². The van der Waals surface area contributed by atoms with Gasteiger partial charge >= 0.3 is 0 Å². The summed E-state index contributed by atoms with van der Waals surface area (Å²) in [5.74, 6) is 0.0230. The number of hydrogen-bond acceptors (Lipinski definition) is 3. The number of rotatable bonds is 6. The van der Waals surface area contributed by atoms with Crippen molar-refractivity contribution in [3.8, 4) is 0 Å². The highest BCUT2D eigenvalue weighted by molar-refractivity contribution is 7.11. The van der Waals surface area contributed by atoms with Crippen LogP contribution in [0.15, 0.2) is 12.1 Å². The Balaban J connectivity index is 2.18. The molecular formula is C12H19NO2S. The quantitative estimate of drug-likeness (QED) is 0.799. The molecule has 1 aromatic rings. The first kappa shape index (κ1) is 13.2. The Hall–Kier alpha value is -0.870. The number of carbonyl (C=O) groups excluding carboxylic acids is 1. The van der Waals surface area contributed by atoms with Gasteiger partial charge in [-0.05, 0) is 38.8 Å². The average molecular weight is 241 g/mol. The Morgan fingerprint density at radius 3 is 2.88 bits per heavy atom. The third-order valence-corrected chi connectivity index (χ3v) is 3.36. The van der Waals surface area contributed by atoms with Crippen LogP contribution in [0.25, 0.3) is 0 Å². The summed E-state index contributed by atoms with van der Waals surface area (Å²) in [5.41, 5.74) is 0. The van der Waals surface area contributed by atoms with Crippen LogP contribution in [0, 0.1) is 6.92 Å². The number of nitrogens with one attached hydrogen (secondary N) is 1. The van der Waals surface area contributed by atoms with Crippen molar-refractivity contribution >= 4 is 17.2 Å². The first-order chi connectivity index (χ1) is 7.61. The van der Waals surface area contributed by atoms with E-state index in [0.29, 0.717) is 6.42 Å². The average Bonchev–Trinajstić information content (AvgIpc) is 2.64. The molecule has 0 radical (unpaired) electrons. The fourth-order valence-corrected chi connectivity index (χ4v) is 2.37. The second-order valence-electron chi connectivity index (χ2n) is 4.02. The first-order valence-electron chi connectivity index (χ1n) is 5.57. The van der Waals surface area contributed by atoms with E-state index in [2.05, 4.69) is 24.4 Å². The maximum absolute atomic E-state index is 11.4. The van der Waals surface area contributed by atoms with Crippen LogP contribution >= 0.6 is 11.3 Å². The van der Waals surface area contributed by atoms with E-state index in [4.69, 9.17) is 5.11 Å². The summed E-state index contributed by atoms with van der Waals surface area (Å²) in [6, 6.07) is 4.08. The molecule has 1 heterocycles. The van der Waals surface area contributed by atoms with Crippen LogP contribution < -0.4 is 5.32 Å². The summed E-state index contributed by atoms with van der Waals surface area (Å²) < 4.78 is 0. The molecule has 1 amide bonds. The van der Waals surface area contributed by atoms with Crippen LogP contribution in [0.3, 0.4) is 0 Å². The van der Waals surface area contributed by atoms with Crippen LogP contribution in [0.5, 0.6) is 0 Å².